The van der Waals surface area contributed by atoms with E-state index in [0.29, 0.717) is 17.4 Å². The van der Waals surface area contributed by atoms with Gasteiger partial charge in [0.15, 0.2) is 5.65 Å². The summed E-state index contributed by atoms with van der Waals surface area (Å²) in [6, 6.07) is 13.2. The first-order valence-corrected chi connectivity index (χ1v) is 7.70. The number of nitrogens with one attached hydrogen (secondary N) is 1. The maximum atomic E-state index is 5.89. The van der Waals surface area contributed by atoms with Crippen LogP contribution in [0.4, 0.5) is 17.2 Å². The molecular weight excluding hydrogens is 316 g/mol. The van der Waals surface area contributed by atoms with E-state index in [-0.39, 0.29) is 0 Å². The normalized spacial score (nSPS) is 10.8. The van der Waals surface area contributed by atoms with Crippen LogP contribution in [0.25, 0.3) is 16.8 Å². The maximum absolute atomic E-state index is 5.89. The molecule has 0 saturated carbocycles. The van der Waals surface area contributed by atoms with Gasteiger partial charge in [0.05, 0.1) is 25.2 Å². The zero-order chi connectivity index (χ0) is 17.2. The van der Waals surface area contributed by atoms with Crippen molar-refractivity contribution in [1.82, 2.24) is 19.6 Å². The molecule has 0 unspecified atom stereocenters. The number of nitrogen functional groups attached to an aromatic ring is 1. The molecule has 0 atom stereocenters. The van der Waals surface area contributed by atoms with Gasteiger partial charge in [0.1, 0.15) is 5.82 Å². The number of anilines is 3. The second-order valence-corrected chi connectivity index (χ2v) is 5.48. The van der Waals surface area contributed by atoms with Gasteiger partial charge < -0.3 is 15.8 Å². The quantitative estimate of drug-likeness (QED) is 0.558. The fourth-order valence-electron chi connectivity index (χ4n) is 2.57. The van der Waals surface area contributed by atoms with Crippen molar-refractivity contribution in [2.75, 3.05) is 18.2 Å². The molecule has 7 heteroatoms. The minimum Gasteiger partial charge on any atom is -0.481 e. The lowest BCUT2D eigenvalue weighted by Gasteiger charge is -2.07. The molecule has 0 amide bonds. The number of benzene rings is 1. The summed E-state index contributed by atoms with van der Waals surface area (Å²) in [4.78, 5) is 8.85. The molecule has 3 heterocycles. The molecule has 3 aromatic heterocycles. The molecule has 0 aliphatic heterocycles. The molecule has 124 valence electrons. The molecule has 0 aliphatic rings. The van der Waals surface area contributed by atoms with E-state index in [1.165, 1.54) is 0 Å². The number of hydrogen-bond acceptors (Lipinski definition) is 6. The van der Waals surface area contributed by atoms with Gasteiger partial charge in [0.25, 0.3) is 0 Å². The predicted octanol–water partition coefficient (Wildman–Crippen LogP) is 3.13. The minimum absolute atomic E-state index is 0.564. The highest BCUT2D eigenvalue weighted by Crippen LogP contribution is 2.26. The first kappa shape index (κ1) is 14.9. The number of pyridine rings is 1. The van der Waals surface area contributed by atoms with E-state index in [0.717, 1.165) is 22.5 Å². The van der Waals surface area contributed by atoms with Crippen LogP contribution in [0.5, 0.6) is 5.88 Å². The molecule has 0 aliphatic carbocycles. The smallest absolute Gasteiger partial charge is 0.213 e. The van der Waals surface area contributed by atoms with E-state index in [4.69, 9.17) is 10.5 Å². The maximum Gasteiger partial charge on any atom is 0.213 e. The molecule has 25 heavy (non-hydrogen) atoms. The van der Waals surface area contributed by atoms with Crippen LogP contribution in [0.2, 0.25) is 0 Å². The van der Waals surface area contributed by atoms with Crippen molar-refractivity contribution in [3.8, 4) is 17.0 Å². The van der Waals surface area contributed by atoms with E-state index < -0.39 is 0 Å². The lowest BCUT2D eigenvalue weighted by atomic mass is 10.1. The summed E-state index contributed by atoms with van der Waals surface area (Å²) in [5.74, 6) is 1.26. The topological polar surface area (TPSA) is 90.4 Å². The first-order chi connectivity index (χ1) is 12.2. The Bertz CT molecular complexity index is 1030. The minimum atomic E-state index is 0.564. The highest BCUT2D eigenvalue weighted by atomic mass is 16.5. The van der Waals surface area contributed by atoms with E-state index in [2.05, 4.69) is 20.4 Å². The molecule has 0 fully saturated rings. The summed E-state index contributed by atoms with van der Waals surface area (Å²) in [7, 11) is 1.59. The van der Waals surface area contributed by atoms with Crippen molar-refractivity contribution in [3.63, 3.8) is 0 Å². The van der Waals surface area contributed by atoms with Crippen molar-refractivity contribution in [3.05, 3.63) is 61.1 Å². The van der Waals surface area contributed by atoms with Crippen LogP contribution in [-0.2, 0) is 0 Å². The lowest BCUT2D eigenvalue weighted by molar-refractivity contribution is 0.398. The van der Waals surface area contributed by atoms with Crippen LogP contribution >= 0.6 is 0 Å². The molecule has 7 nitrogen and oxygen atoms in total. The summed E-state index contributed by atoms with van der Waals surface area (Å²) < 4.78 is 6.80. The van der Waals surface area contributed by atoms with Crippen molar-refractivity contribution in [2.45, 2.75) is 0 Å². The molecule has 1 aromatic carbocycles. The molecule has 4 rings (SSSR count). The highest BCUT2D eigenvalue weighted by molar-refractivity contribution is 5.79. The second-order valence-electron chi connectivity index (χ2n) is 5.48. The van der Waals surface area contributed by atoms with Crippen LogP contribution in [0, 0.1) is 0 Å². The van der Waals surface area contributed by atoms with Crippen LogP contribution < -0.4 is 15.8 Å². The predicted molar refractivity (Wildman–Crippen MR) is 96.9 cm³/mol. The van der Waals surface area contributed by atoms with E-state index in [1.807, 2.05) is 42.6 Å². The number of ether oxygens (including phenoxy) is 1. The zero-order valence-corrected chi connectivity index (χ0v) is 13.5. The molecule has 0 spiro atoms. The second kappa shape index (κ2) is 6.12. The molecule has 4 aromatic rings. The summed E-state index contributed by atoms with van der Waals surface area (Å²) in [5.41, 5.74) is 10.1. The lowest BCUT2D eigenvalue weighted by Crippen LogP contribution is -1.98. The van der Waals surface area contributed by atoms with Gasteiger partial charge in [-0.15, -0.1) is 0 Å². The van der Waals surface area contributed by atoms with Gasteiger partial charge in [-0.05, 0) is 29.8 Å². The number of methoxy groups -OCH3 is 1. The number of fused-ring (bicyclic) bond motifs is 1. The Morgan fingerprint density at radius 2 is 2.04 bits per heavy atom. The zero-order valence-electron chi connectivity index (χ0n) is 13.5. The van der Waals surface area contributed by atoms with Gasteiger partial charge in [-0.25, -0.2) is 14.5 Å². The molecule has 0 radical (unpaired) electrons. The number of hydrogen-bond donors (Lipinski definition) is 2. The molecular formula is C18H16N6O. The van der Waals surface area contributed by atoms with Crippen LogP contribution in [0.3, 0.4) is 0 Å². The van der Waals surface area contributed by atoms with Crippen LogP contribution in [0.1, 0.15) is 0 Å². The number of rotatable bonds is 4. The van der Waals surface area contributed by atoms with Crippen molar-refractivity contribution >= 4 is 22.8 Å². The molecule has 0 bridgehead atoms. The number of nitrogens with two attached hydrogens (primary N) is 1. The van der Waals surface area contributed by atoms with Gasteiger partial charge in [0, 0.05) is 23.5 Å². The Labute approximate surface area is 144 Å². The monoisotopic (exact) mass is 332 g/mol. The van der Waals surface area contributed by atoms with Gasteiger partial charge in [0.2, 0.25) is 5.88 Å². The first-order valence-electron chi connectivity index (χ1n) is 7.70. The Balaban J connectivity index is 1.70. The summed E-state index contributed by atoms with van der Waals surface area (Å²) in [6.45, 7) is 0. The van der Waals surface area contributed by atoms with Crippen molar-refractivity contribution in [2.24, 2.45) is 0 Å². The standard InChI is InChI=1S/C18H16N6O/c1-25-17-6-5-14(10-20-17)22-16-7-8-24-18(23-16)15(11-21-24)12-3-2-4-13(19)9-12/h2-11H,19H2,1H3,(H,22,23). The third kappa shape index (κ3) is 2.94. The van der Waals surface area contributed by atoms with Gasteiger partial charge in [-0.3, -0.25) is 0 Å². The highest BCUT2D eigenvalue weighted by Gasteiger charge is 2.09. The Hall–Kier alpha value is -3.61. The third-order valence-electron chi connectivity index (χ3n) is 3.78. The fraction of sp³-hybridized carbons (Fsp3) is 0.0556. The summed E-state index contributed by atoms with van der Waals surface area (Å²) >= 11 is 0. The van der Waals surface area contributed by atoms with Gasteiger partial charge >= 0.3 is 0 Å². The summed E-state index contributed by atoms with van der Waals surface area (Å²) in [6.07, 6.45) is 5.34. The Morgan fingerprint density at radius 3 is 2.80 bits per heavy atom. The van der Waals surface area contributed by atoms with Crippen LogP contribution in [0.15, 0.2) is 61.1 Å². The van der Waals surface area contributed by atoms with Crippen molar-refractivity contribution < 1.29 is 4.74 Å². The fourth-order valence-corrected chi connectivity index (χ4v) is 2.57. The molecule has 0 saturated heterocycles. The third-order valence-corrected chi connectivity index (χ3v) is 3.78. The summed E-state index contributed by atoms with van der Waals surface area (Å²) in [5, 5.41) is 7.58. The number of aromatic nitrogens is 4. The van der Waals surface area contributed by atoms with Crippen LogP contribution in [-0.4, -0.2) is 26.7 Å². The van der Waals surface area contributed by atoms with E-state index in [9.17, 15) is 0 Å². The van der Waals surface area contributed by atoms with Crippen molar-refractivity contribution in [1.29, 1.82) is 0 Å². The molecule has 3 N–H and O–H groups in total. The SMILES string of the molecule is COc1ccc(Nc2ccn3ncc(-c4cccc(N)c4)c3n2)cn1. The average molecular weight is 332 g/mol. The Kier molecular flexibility index (Phi) is 3.66. The van der Waals surface area contributed by atoms with Gasteiger partial charge in [-0.1, -0.05) is 12.1 Å². The Morgan fingerprint density at radius 1 is 1.12 bits per heavy atom. The van der Waals surface area contributed by atoms with E-state index in [1.54, 1.807) is 30.1 Å². The van der Waals surface area contributed by atoms with E-state index >= 15 is 0 Å². The largest absolute Gasteiger partial charge is 0.481 e. The number of nitrogens with zero attached hydrogens (tertiary/aromatic N) is 4. The average Bonchev–Trinajstić information content (AvgIpc) is 3.06. The van der Waals surface area contributed by atoms with Gasteiger partial charge in [-0.2, -0.15) is 5.10 Å².